The number of hydrogen-bond donors (Lipinski definition) is 3. The number of esters is 2. The minimum absolute atomic E-state index is 0. The monoisotopic (exact) mass is 660 g/mol. The van der Waals surface area contributed by atoms with Crippen LogP contribution < -0.4 is 51.0 Å². The summed E-state index contributed by atoms with van der Waals surface area (Å²) < 4.78 is 10.2. The van der Waals surface area contributed by atoms with Gasteiger partial charge in [-0.25, -0.2) is 14.8 Å². The van der Waals surface area contributed by atoms with Crippen LogP contribution in [0.15, 0.2) is 33.4 Å². The molecule has 0 saturated carbocycles. The van der Waals surface area contributed by atoms with Crippen molar-refractivity contribution in [3.05, 3.63) is 44.5 Å². The van der Waals surface area contributed by atoms with E-state index in [1.54, 1.807) is 38.4 Å². The number of carboxylic acid groups (broad SMARTS) is 1. The Labute approximate surface area is 281 Å². The number of carbonyl (C=O) groups is 4. The van der Waals surface area contributed by atoms with E-state index in [0.29, 0.717) is 5.57 Å². The van der Waals surface area contributed by atoms with Gasteiger partial charge in [0, 0.05) is 16.0 Å². The fraction of sp³-hybridized carbons (Fsp3) is 0.400. The minimum atomic E-state index is -1.64. The molecule has 0 aromatic carbocycles. The smallest absolute Gasteiger partial charge is 0.548 e. The summed E-state index contributed by atoms with van der Waals surface area (Å²) in [6, 6.07) is -1.64. The molecular weight excluding hydrogens is 632 g/mol. The minimum Gasteiger partial charge on any atom is -0.548 e. The number of ether oxygens (including phenoxy) is 2. The van der Waals surface area contributed by atoms with E-state index in [1.165, 1.54) is 23.8 Å². The van der Waals surface area contributed by atoms with E-state index in [1.807, 2.05) is 6.92 Å². The second-order valence-corrected chi connectivity index (χ2v) is 12.5. The molecule has 0 bridgehead atoms. The van der Waals surface area contributed by atoms with E-state index in [0.717, 1.165) is 33.7 Å². The molecule has 0 saturated heterocycles. The molecule has 1 aliphatic heterocycles. The molecular formula is C25H29N6NaO8S3. The zero-order valence-electron chi connectivity index (χ0n) is 24.3. The molecule has 2 atom stereocenters. The summed E-state index contributed by atoms with van der Waals surface area (Å²) >= 11 is 3.56. The van der Waals surface area contributed by atoms with Gasteiger partial charge < -0.3 is 40.6 Å². The van der Waals surface area contributed by atoms with Crippen molar-refractivity contribution in [2.75, 3.05) is 25.4 Å². The molecule has 0 fully saturated rings. The number of nitrogens with two attached hydrogens (primary N) is 1. The topological polar surface area (TPSA) is 207 Å². The van der Waals surface area contributed by atoms with Gasteiger partial charge in [-0.3, -0.25) is 9.59 Å². The first kappa shape index (κ1) is 36.2. The number of aryl methyl sites for hydroxylation is 1. The number of anilines is 1. The summed E-state index contributed by atoms with van der Waals surface area (Å²) in [7, 11) is 1.21. The quantitative estimate of drug-likeness (QED) is 0.0770. The summed E-state index contributed by atoms with van der Waals surface area (Å²) in [6.07, 6.45) is 3.44. The summed E-state index contributed by atoms with van der Waals surface area (Å²) in [5.74, 6) is -3.88. The number of nitrogen functional groups attached to an aromatic ring is 1. The van der Waals surface area contributed by atoms with E-state index in [2.05, 4.69) is 25.8 Å². The third-order valence-electron chi connectivity index (χ3n) is 5.45. The van der Waals surface area contributed by atoms with Crippen LogP contribution in [0.25, 0.3) is 6.08 Å². The molecule has 0 spiro atoms. The average Bonchev–Trinajstić information content (AvgIpc) is 3.55. The van der Waals surface area contributed by atoms with Gasteiger partial charge in [0.25, 0.3) is 5.91 Å². The van der Waals surface area contributed by atoms with Crippen LogP contribution in [-0.4, -0.2) is 70.6 Å². The standard InChI is InChI=1S/C25H30N6O8S3.Na/c1-12-15(42-10-27-12)7-6-13-8-40-20(30-16(13)22(35)38-11-39-23(36)25(2,3)4)18(21(33)34)29-19(32)17(31-37-5)14-9-41-24(26)28-14;/h6-7,9-10,18,20,30H,8,11H2,1-5H3,(H2,26,28)(H,29,32)(H,33,34);/q;+1/p-1/b7-6-,31-17+;/t18-,20+;/m0./s1. The van der Waals surface area contributed by atoms with Crippen molar-refractivity contribution in [1.82, 2.24) is 20.6 Å². The van der Waals surface area contributed by atoms with Crippen molar-refractivity contribution in [3.63, 3.8) is 0 Å². The van der Waals surface area contributed by atoms with Gasteiger partial charge in [-0.2, -0.15) is 0 Å². The normalized spacial score (nSPS) is 16.1. The molecule has 0 radical (unpaired) electrons. The summed E-state index contributed by atoms with van der Waals surface area (Å²) in [4.78, 5) is 64.2. The number of thioether (sulfide) groups is 1. The van der Waals surface area contributed by atoms with E-state index in [-0.39, 0.29) is 57.5 Å². The van der Waals surface area contributed by atoms with Crippen LogP contribution in [0.1, 0.15) is 37.0 Å². The second-order valence-electron chi connectivity index (χ2n) is 9.61. The van der Waals surface area contributed by atoms with E-state index in [4.69, 9.17) is 20.0 Å². The van der Waals surface area contributed by atoms with Crippen molar-refractivity contribution in [3.8, 4) is 0 Å². The number of amides is 1. The Balaban J connectivity index is 0.00000645. The fourth-order valence-corrected chi connectivity index (χ4v) is 5.68. The van der Waals surface area contributed by atoms with Gasteiger partial charge in [-0.05, 0) is 39.3 Å². The van der Waals surface area contributed by atoms with E-state index in [9.17, 15) is 24.3 Å². The largest absolute Gasteiger partial charge is 1.00 e. The van der Waals surface area contributed by atoms with Crippen molar-refractivity contribution in [1.29, 1.82) is 0 Å². The molecule has 14 nitrogen and oxygen atoms in total. The van der Waals surface area contributed by atoms with Gasteiger partial charge >= 0.3 is 41.5 Å². The van der Waals surface area contributed by atoms with Crippen molar-refractivity contribution < 1.29 is 68.2 Å². The number of aliphatic carboxylic acids is 1. The molecule has 226 valence electrons. The maximum Gasteiger partial charge on any atom is 1.00 e. The van der Waals surface area contributed by atoms with Gasteiger partial charge in [0.1, 0.15) is 18.5 Å². The number of hydrogen-bond acceptors (Lipinski definition) is 16. The van der Waals surface area contributed by atoms with Crippen molar-refractivity contribution >= 4 is 75.2 Å². The van der Waals surface area contributed by atoms with E-state index >= 15 is 0 Å². The van der Waals surface area contributed by atoms with Crippen LogP contribution in [0.2, 0.25) is 0 Å². The van der Waals surface area contributed by atoms with Crippen molar-refractivity contribution in [2.45, 2.75) is 39.1 Å². The number of carboxylic acids is 1. The maximum atomic E-state index is 13.1. The maximum absolute atomic E-state index is 13.1. The number of nitrogens with zero attached hydrogens (tertiary/aromatic N) is 3. The summed E-state index contributed by atoms with van der Waals surface area (Å²) in [5.41, 5.74) is 7.47. The molecule has 2 aromatic heterocycles. The molecule has 2 aromatic rings. The Morgan fingerprint density at radius 1 is 1.26 bits per heavy atom. The van der Waals surface area contributed by atoms with Crippen molar-refractivity contribution in [2.24, 2.45) is 10.6 Å². The average molecular weight is 661 g/mol. The van der Waals surface area contributed by atoms with Gasteiger partial charge in [0.05, 0.1) is 34.0 Å². The second kappa shape index (κ2) is 16.2. The number of aromatic nitrogens is 2. The van der Waals surface area contributed by atoms with Crippen LogP contribution in [0.4, 0.5) is 5.13 Å². The molecule has 0 aliphatic carbocycles. The van der Waals surface area contributed by atoms with Gasteiger partial charge in [-0.1, -0.05) is 11.2 Å². The predicted octanol–water partition coefficient (Wildman–Crippen LogP) is -2.20. The Morgan fingerprint density at radius 3 is 2.53 bits per heavy atom. The number of allylic oxidation sites excluding steroid dienone is 1. The summed E-state index contributed by atoms with van der Waals surface area (Å²) in [5, 5.41) is 21.6. The predicted molar refractivity (Wildman–Crippen MR) is 156 cm³/mol. The van der Waals surface area contributed by atoms with Gasteiger partial charge in [-0.15, -0.1) is 34.4 Å². The summed E-state index contributed by atoms with van der Waals surface area (Å²) in [6.45, 7) is 6.12. The first-order chi connectivity index (χ1) is 19.8. The van der Waals surface area contributed by atoms with E-state index < -0.39 is 47.4 Å². The Morgan fingerprint density at radius 2 is 1.98 bits per heavy atom. The third kappa shape index (κ3) is 10.0. The first-order valence-electron chi connectivity index (χ1n) is 12.2. The molecule has 43 heavy (non-hydrogen) atoms. The third-order valence-corrected chi connectivity index (χ3v) is 8.24. The molecule has 1 aliphatic rings. The van der Waals surface area contributed by atoms with Crippen LogP contribution in [0, 0.1) is 12.3 Å². The number of nitrogens with one attached hydrogen (secondary N) is 2. The van der Waals surface area contributed by atoms with Crippen LogP contribution >= 0.6 is 34.4 Å². The zero-order chi connectivity index (χ0) is 31.0. The van der Waals surface area contributed by atoms with Gasteiger partial charge in [0.2, 0.25) is 6.79 Å². The molecule has 1 amide bonds. The first-order valence-corrected chi connectivity index (χ1v) is 15.0. The zero-order valence-corrected chi connectivity index (χ0v) is 28.7. The fourth-order valence-electron chi connectivity index (χ4n) is 3.26. The SMILES string of the molecule is CO/N=C(/C(=O)N[C@H](C(=O)[O-])[C@@H]1NC(C(=O)OCOC(=O)C(C)(C)C)=C(/C=C\c2scnc2C)CS1)c1csc(N)n1.[Na+]. The number of oxime groups is 1. The Bertz CT molecular complexity index is 1430. The molecule has 3 heterocycles. The Kier molecular flexibility index (Phi) is 13.7. The van der Waals surface area contributed by atoms with Gasteiger partial charge in [0.15, 0.2) is 10.8 Å². The van der Waals surface area contributed by atoms with Crippen LogP contribution in [0.5, 0.6) is 0 Å². The van der Waals surface area contributed by atoms with Crippen LogP contribution in [0.3, 0.4) is 0 Å². The number of thiazole rings is 2. The Hall–Kier alpha value is -2.96. The molecule has 4 N–H and O–H groups in total. The molecule has 0 unspecified atom stereocenters. The number of carbonyl (C=O) groups excluding carboxylic acids is 4. The number of rotatable bonds is 11. The van der Waals surface area contributed by atoms with Crippen LogP contribution in [-0.2, 0) is 33.5 Å². The molecule has 3 rings (SSSR count). The molecule has 18 heteroatoms.